The molecule has 3 heterocycles. The lowest BCUT2D eigenvalue weighted by Crippen LogP contribution is -2.40. The fraction of sp³-hybridized carbons (Fsp3) is 0.423. The summed E-state index contributed by atoms with van der Waals surface area (Å²) in [4.78, 5) is 35.0. The predicted octanol–water partition coefficient (Wildman–Crippen LogP) is 4.72. The first kappa shape index (κ1) is 21.5. The first-order valence-electron chi connectivity index (χ1n) is 11.8. The third-order valence-corrected chi connectivity index (χ3v) is 7.13. The highest BCUT2D eigenvalue weighted by atomic mass is 16.5. The molecular formula is C26H30N4O3. The van der Waals surface area contributed by atoms with Crippen LogP contribution in [-0.4, -0.2) is 46.9 Å². The minimum atomic E-state index is -0.257. The topological polar surface area (TPSA) is 87.3 Å². The number of carbonyl (C=O) groups is 2. The summed E-state index contributed by atoms with van der Waals surface area (Å²) in [5.74, 6) is 1.37. The number of aromatic nitrogens is 2. The lowest BCUT2D eigenvalue weighted by molar-refractivity contribution is -0.136. The molecule has 2 amide bonds. The first-order valence-corrected chi connectivity index (χ1v) is 11.8. The minimum Gasteiger partial charge on any atom is -0.495 e. The van der Waals surface area contributed by atoms with E-state index >= 15 is 0 Å². The van der Waals surface area contributed by atoms with Crippen LogP contribution in [0.3, 0.4) is 0 Å². The van der Waals surface area contributed by atoms with E-state index in [1.165, 1.54) is 24.6 Å². The van der Waals surface area contributed by atoms with Crippen LogP contribution in [0.15, 0.2) is 42.7 Å². The van der Waals surface area contributed by atoms with Crippen LogP contribution in [-0.2, 0) is 4.79 Å². The number of fused-ring (bicyclic) bond motifs is 1. The van der Waals surface area contributed by atoms with Crippen molar-refractivity contribution in [3.05, 3.63) is 54.0 Å². The average molecular weight is 447 g/mol. The number of aromatic amines is 1. The minimum absolute atomic E-state index is 0.251. The molecule has 172 valence electrons. The van der Waals surface area contributed by atoms with Crippen LogP contribution >= 0.6 is 0 Å². The Morgan fingerprint density at radius 1 is 1.09 bits per heavy atom. The van der Waals surface area contributed by atoms with Crippen LogP contribution in [0.25, 0.3) is 10.9 Å². The second-order valence-corrected chi connectivity index (χ2v) is 9.12. The van der Waals surface area contributed by atoms with E-state index in [1.807, 2.05) is 18.2 Å². The van der Waals surface area contributed by atoms with Gasteiger partial charge in [0, 0.05) is 41.8 Å². The van der Waals surface area contributed by atoms with Crippen molar-refractivity contribution in [2.45, 2.75) is 44.4 Å². The molecule has 0 bridgehead atoms. The Labute approximate surface area is 193 Å². The van der Waals surface area contributed by atoms with E-state index in [2.05, 4.69) is 26.4 Å². The van der Waals surface area contributed by atoms with Gasteiger partial charge in [-0.3, -0.25) is 9.59 Å². The highest BCUT2D eigenvalue weighted by molar-refractivity contribution is 6.04. The van der Waals surface area contributed by atoms with Gasteiger partial charge in [-0.05, 0) is 67.5 Å². The summed E-state index contributed by atoms with van der Waals surface area (Å²) in [6.07, 6.45) is 10.1. The Morgan fingerprint density at radius 2 is 1.88 bits per heavy atom. The Balaban J connectivity index is 1.27. The molecule has 3 aromatic rings. The highest BCUT2D eigenvalue weighted by Crippen LogP contribution is 2.35. The van der Waals surface area contributed by atoms with E-state index in [0.29, 0.717) is 23.3 Å². The maximum atomic E-state index is 12.8. The van der Waals surface area contributed by atoms with Crippen LogP contribution < -0.4 is 10.1 Å². The van der Waals surface area contributed by atoms with Gasteiger partial charge in [-0.2, -0.15) is 0 Å². The lowest BCUT2D eigenvalue weighted by Gasteiger charge is -2.33. The molecule has 7 nitrogen and oxygen atoms in total. The van der Waals surface area contributed by atoms with Gasteiger partial charge in [0.2, 0.25) is 5.91 Å². The van der Waals surface area contributed by atoms with Gasteiger partial charge in [0.05, 0.1) is 13.3 Å². The fourth-order valence-electron chi connectivity index (χ4n) is 5.23. The van der Waals surface area contributed by atoms with Crippen LogP contribution in [0.4, 0.5) is 5.69 Å². The van der Waals surface area contributed by atoms with Crippen LogP contribution in [0.2, 0.25) is 0 Å². The molecule has 1 saturated heterocycles. The zero-order valence-corrected chi connectivity index (χ0v) is 19.0. The summed E-state index contributed by atoms with van der Waals surface area (Å²) in [7, 11) is 1.57. The molecule has 2 aromatic heterocycles. The van der Waals surface area contributed by atoms with Gasteiger partial charge < -0.3 is 19.9 Å². The van der Waals surface area contributed by atoms with Gasteiger partial charge in [0.1, 0.15) is 11.4 Å². The van der Waals surface area contributed by atoms with Gasteiger partial charge in [-0.1, -0.05) is 12.8 Å². The average Bonchev–Trinajstić information content (AvgIpc) is 3.54. The molecule has 1 aromatic carbocycles. The number of hydrogen-bond donors (Lipinski definition) is 2. The maximum absolute atomic E-state index is 12.8. The summed E-state index contributed by atoms with van der Waals surface area (Å²) in [6, 6.07) is 9.29. The van der Waals surface area contributed by atoms with E-state index in [9.17, 15) is 9.59 Å². The number of hydrogen-bond acceptors (Lipinski definition) is 4. The van der Waals surface area contributed by atoms with Crippen LogP contribution in [0.5, 0.6) is 5.75 Å². The fourth-order valence-corrected chi connectivity index (χ4v) is 5.23. The number of carbonyl (C=O) groups excluding carboxylic acids is 2. The van der Waals surface area contributed by atoms with E-state index in [1.54, 1.807) is 19.2 Å². The van der Waals surface area contributed by atoms with E-state index in [-0.39, 0.29) is 11.8 Å². The first-order chi connectivity index (χ1) is 16.1. The number of nitrogens with one attached hydrogen (secondary N) is 2. The molecule has 0 atom stereocenters. The van der Waals surface area contributed by atoms with Crippen molar-refractivity contribution in [2.75, 3.05) is 25.5 Å². The highest BCUT2D eigenvalue weighted by Gasteiger charge is 2.31. The summed E-state index contributed by atoms with van der Waals surface area (Å²) >= 11 is 0. The van der Waals surface area contributed by atoms with Gasteiger partial charge in [-0.25, -0.2) is 4.98 Å². The number of nitrogens with zero attached hydrogens (tertiary/aromatic N) is 2. The van der Waals surface area contributed by atoms with Gasteiger partial charge >= 0.3 is 0 Å². The zero-order chi connectivity index (χ0) is 22.8. The third kappa shape index (κ3) is 4.45. The van der Waals surface area contributed by atoms with Crippen molar-refractivity contribution in [2.24, 2.45) is 5.92 Å². The predicted molar refractivity (Wildman–Crippen MR) is 128 cm³/mol. The molecule has 1 aliphatic heterocycles. The lowest BCUT2D eigenvalue weighted by atomic mass is 9.88. The summed E-state index contributed by atoms with van der Waals surface area (Å²) in [6.45, 7) is 1.65. The number of piperidine rings is 1. The van der Waals surface area contributed by atoms with Gasteiger partial charge in [-0.15, -0.1) is 0 Å². The van der Waals surface area contributed by atoms with Crippen molar-refractivity contribution >= 4 is 28.4 Å². The monoisotopic (exact) mass is 446 g/mol. The van der Waals surface area contributed by atoms with Crippen molar-refractivity contribution in [1.82, 2.24) is 14.9 Å². The number of pyridine rings is 1. The van der Waals surface area contributed by atoms with Gasteiger partial charge in [0.25, 0.3) is 5.91 Å². The Kier molecular flexibility index (Phi) is 6.03. The summed E-state index contributed by atoms with van der Waals surface area (Å²) in [5, 5.41) is 4.07. The number of rotatable bonds is 5. The Morgan fingerprint density at radius 3 is 2.58 bits per heavy atom. The maximum Gasteiger partial charge on any atom is 0.274 e. The van der Waals surface area contributed by atoms with Crippen LogP contribution in [0, 0.1) is 5.92 Å². The largest absolute Gasteiger partial charge is 0.495 e. The molecule has 1 aliphatic carbocycles. The number of ether oxygens (including phenoxy) is 1. The van der Waals surface area contributed by atoms with Crippen molar-refractivity contribution < 1.29 is 14.3 Å². The number of anilines is 1. The molecule has 1 saturated carbocycles. The molecule has 0 radical (unpaired) electrons. The molecular weight excluding hydrogens is 416 g/mol. The summed E-state index contributed by atoms with van der Waals surface area (Å²) in [5.41, 5.74) is 3.39. The molecule has 33 heavy (non-hydrogen) atoms. The molecule has 2 fully saturated rings. The van der Waals surface area contributed by atoms with Crippen molar-refractivity contribution in [3.8, 4) is 5.75 Å². The Bertz CT molecular complexity index is 1140. The third-order valence-electron chi connectivity index (χ3n) is 7.13. The molecule has 0 spiro atoms. The number of H-pyrrole nitrogens is 1. The van der Waals surface area contributed by atoms with Gasteiger partial charge in [0.15, 0.2) is 0 Å². The number of benzene rings is 1. The molecule has 2 N–H and O–H groups in total. The van der Waals surface area contributed by atoms with Crippen molar-refractivity contribution in [1.29, 1.82) is 0 Å². The second kappa shape index (κ2) is 9.25. The Hall–Kier alpha value is -3.35. The molecule has 5 rings (SSSR count). The number of likely N-dealkylation sites (tertiary alicyclic amines) is 1. The van der Waals surface area contributed by atoms with E-state index < -0.39 is 0 Å². The van der Waals surface area contributed by atoms with Crippen molar-refractivity contribution in [3.63, 3.8) is 0 Å². The number of amides is 2. The normalized spacial score (nSPS) is 17.4. The zero-order valence-electron chi connectivity index (χ0n) is 19.0. The smallest absolute Gasteiger partial charge is 0.274 e. The standard InChI is InChI=1S/C26H30N4O3/c1-33-20-7-9-24(27-15-20)25(31)29-19-6-8-23-21(14-19)22(16-28-23)17-10-12-30(13-11-17)26(32)18-4-2-3-5-18/h6-9,14-18,28H,2-5,10-13H2,1H3,(H,29,31). The molecule has 7 heteroatoms. The van der Waals surface area contributed by atoms with Crippen LogP contribution in [0.1, 0.15) is 60.5 Å². The SMILES string of the molecule is COc1ccc(C(=O)Nc2ccc3[nH]cc(C4CCN(C(=O)C5CCCC5)CC4)c3c2)nc1. The molecule has 0 unspecified atom stereocenters. The quantitative estimate of drug-likeness (QED) is 0.594. The number of methoxy groups -OCH3 is 1. The van der Waals surface area contributed by atoms with E-state index in [0.717, 1.165) is 55.4 Å². The summed E-state index contributed by atoms with van der Waals surface area (Å²) < 4.78 is 5.10. The molecule has 2 aliphatic rings. The van der Waals surface area contributed by atoms with E-state index in [4.69, 9.17) is 4.74 Å². The second-order valence-electron chi connectivity index (χ2n) is 9.12.